The van der Waals surface area contributed by atoms with Crippen LogP contribution in [0.25, 0.3) is 0 Å². The van der Waals surface area contributed by atoms with Gasteiger partial charge in [-0.25, -0.2) is 0 Å². The van der Waals surface area contributed by atoms with Crippen molar-refractivity contribution in [2.45, 2.75) is 25.9 Å². The van der Waals surface area contributed by atoms with E-state index in [-0.39, 0.29) is 10.7 Å². The molecule has 1 unspecified atom stereocenters. The monoisotopic (exact) mass is 302 g/mol. The second-order valence-corrected chi connectivity index (χ2v) is 5.76. The molecule has 0 N–H and O–H groups in total. The second kappa shape index (κ2) is 5.37. The van der Waals surface area contributed by atoms with Crippen molar-refractivity contribution in [3.63, 3.8) is 0 Å². The summed E-state index contributed by atoms with van der Waals surface area (Å²) in [6, 6.07) is 13.7. The first-order chi connectivity index (χ1) is 10.1. The van der Waals surface area contributed by atoms with Gasteiger partial charge in [-0.05, 0) is 36.6 Å². The van der Waals surface area contributed by atoms with Gasteiger partial charge in [0.2, 0.25) is 0 Å². The molecule has 0 saturated heterocycles. The van der Waals surface area contributed by atoms with Crippen LogP contribution in [0, 0.1) is 10.1 Å². The molecule has 0 bridgehead atoms. The average molecular weight is 303 g/mol. The maximum Gasteiger partial charge on any atom is 0.288 e. The Morgan fingerprint density at radius 1 is 1.33 bits per heavy atom. The normalized spacial score (nSPS) is 16.9. The number of halogens is 1. The molecule has 2 aromatic carbocycles. The number of rotatable bonds is 3. The highest BCUT2D eigenvalue weighted by Gasteiger charge is 2.26. The van der Waals surface area contributed by atoms with E-state index < -0.39 is 4.92 Å². The van der Waals surface area contributed by atoms with Crippen LogP contribution in [0.15, 0.2) is 42.5 Å². The first-order valence-electron chi connectivity index (χ1n) is 6.83. The smallest absolute Gasteiger partial charge is 0.288 e. The molecule has 1 heterocycles. The zero-order chi connectivity index (χ0) is 15.0. The van der Waals surface area contributed by atoms with Gasteiger partial charge in [-0.15, -0.1) is 0 Å². The van der Waals surface area contributed by atoms with Crippen LogP contribution in [-0.2, 0) is 13.0 Å². The van der Waals surface area contributed by atoms with Gasteiger partial charge in [0.15, 0.2) is 0 Å². The van der Waals surface area contributed by atoms with Gasteiger partial charge in [-0.1, -0.05) is 35.9 Å². The number of benzene rings is 2. The van der Waals surface area contributed by atoms with E-state index in [0.29, 0.717) is 12.6 Å². The van der Waals surface area contributed by atoms with E-state index in [1.54, 1.807) is 12.1 Å². The Bertz CT molecular complexity index is 702. The Morgan fingerprint density at radius 2 is 2.10 bits per heavy atom. The van der Waals surface area contributed by atoms with E-state index in [4.69, 9.17) is 11.6 Å². The van der Waals surface area contributed by atoms with Crippen LogP contribution >= 0.6 is 11.6 Å². The van der Waals surface area contributed by atoms with Crippen molar-refractivity contribution in [1.82, 2.24) is 0 Å². The third kappa shape index (κ3) is 2.59. The molecular weight excluding hydrogens is 288 g/mol. The summed E-state index contributed by atoms with van der Waals surface area (Å²) in [5, 5.41) is 11.2. The number of anilines is 1. The van der Waals surface area contributed by atoms with Gasteiger partial charge >= 0.3 is 0 Å². The minimum Gasteiger partial charge on any atom is -0.364 e. The molecule has 0 amide bonds. The van der Waals surface area contributed by atoms with Gasteiger partial charge in [0.05, 0.1) is 4.92 Å². The van der Waals surface area contributed by atoms with E-state index in [9.17, 15) is 10.1 Å². The molecule has 0 saturated carbocycles. The molecule has 3 rings (SSSR count). The molecule has 5 heteroatoms. The van der Waals surface area contributed by atoms with Crippen LogP contribution in [0.2, 0.25) is 5.02 Å². The van der Waals surface area contributed by atoms with Crippen molar-refractivity contribution >= 4 is 23.0 Å². The standard InChI is InChI=1S/C16H15ClN2O2/c1-11-8-13-4-2-3-5-15(13)18(11)10-12-6-7-14(17)16(9-12)19(20)21/h2-7,9,11H,8,10H2,1H3. The number of hydrogen-bond acceptors (Lipinski definition) is 3. The van der Waals surface area contributed by atoms with E-state index in [1.165, 1.54) is 11.3 Å². The maximum absolute atomic E-state index is 11.0. The minimum absolute atomic E-state index is 0.0331. The van der Waals surface area contributed by atoms with Gasteiger partial charge in [0.25, 0.3) is 5.69 Å². The molecule has 1 atom stereocenters. The topological polar surface area (TPSA) is 46.4 Å². The molecule has 4 nitrogen and oxygen atoms in total. The van der Waals surface area contributed by atoms with Crippen LogP contribution in [0.3, 0.4) is 0 Å². The summed E-state index contributed by atoms with van der Waals surface area (Å²) in [6.45, 7) is 2.82. The molecule has 108 valence electrons. The number of nitro groups is 1. The van der Waals surface area contributed by atoms with Crippen molar-refractivity contribution < 1.29 is 4.92 Å². The first kappa shape index (κ1) is 13.9. The van der Waals surface area contributed by atoms with Gasteiger partial charge in [0, 0.05) is 24.3 Å². The van der Waals surface area contributed by atoms with Crippen molar-refractivity contribution in [3.05, 3.63) is 68.7 Å². The van der Waals surface area contributed by atoms with Crippen molar-refractivity contribution in [3.8, 4) is 0 Å². The Balaban J connectivity index is 1.91. The highest BCUT2D eigenvalue weighted by atomic mass is 35.5. The number of nitro benzene ring substituents is 1. The summed E-state index contributed by atoms with van der Waals surface area (Å²) >= 11 is 5.86. The molecule has 0 radical (unpaired) electrons. The lowest BCUT2D eigenvalue weighted by atomic mass is 10.1. The Hall–Kier alpha value is -2.07. The number of hydrogen-bond donors (Lipinski definition) is 0. The second-order valence-electron chi connectivity index (χ2n) is 5.35. The predicted molar refractivity (Wildman–Crippen MR) is 83.9 cm³/mol. The number of para-hydroxylation sites is 1. The highest BCUT2D eigenvalue weighted by Crippen LogP contribution is 2.34. The van der Waals surface area contributed by atoms with Crippen LogP contribution in [-0.4, -0.2) is 11.0 Å². The summed E-state index contributed by atoms with van der Waals surface area (Å²) in [7, 11) is 0. The Morgan fingerprint density at radius 3 is 2.86 bits per heavy atom. The third-order valence-corrected chi connectivity index (χ3v) is 4.23. The number of fused-ring (bicyclic) bond motifs is 1. The van der Waals surface area contributed by atoms with E-state index in [2.05, 4.69) is 24.0 Å². The fraction of sp³-hybridized carbons (Fsp3) is 0.250. The predicted octanol–water partition coefficient (Wildman–Crippen LogP) is 4.20. The molecular formula is C16H15ClN2O2. The van der Waals surface area contributed by atoms with E-state index in [1.807, 2.05) is 18.2 Å². The molecule has 21 heavy (non-hydrogen) atoms. The summed E-state index contributed by atoms with van der Waals surface area (Å²) in [5.74, 6) is 0. The van der Waals surface area contributed by atoms with E-state index >= 15 is 0 Å². The molecule has 1 aliphatic heterocycles. The first-order valence-corrected chi connectivity index (χ1v) is 7.21. The van der Waals surface area contributed by atoms with Crippen LogP contribution in [0.1, 0.15) is 18.1 Å². The van der Waals surface area contributed by atoms with Crippen LogP contribution in [0.4, 0.5) is 11.4 Å². The largest absolute Gasteiger partial charge is 0.364 e. The zero-order valence-corrected chi connectivity index (χ0v) is 12.4. The number of nitrogens with zero attached hydrogens (tertiary/aromatic N) is 2. The molecule has 1 aliphatic rings. The lowest BCUT2D eigenvalue weighted by molar-refractivity contribution is -0.384. The molecule has 0 aromatic heterocycles. The van der Waals surface area contributed by atoms with Crippen molar-refractivity contribution in [2.75, 3.05) is 4.90 Å². The fourth-order valence-corrected chi connectivity index (χ4v) is 3.05. The van der Waals surface area contributed by atoms with Gasteiger partial charge in [-0.3, -0.25) is 10.1 Å². The Kier molecular flexibility index (Phi) is 3.55. The molecule has 0 aliphatic carbocycles. The SMILES string of the molecule is CC1Cc2ccccc2N1Cc1ccc(Cl)c([N+](=O)[O-])c1. The van der Waals surface area contributed by atoms with Gasteiger partial charge < -0.3 is 4.90 Å². The average Bonchev–Trinajstić information content (AvgIpc) is 2.77. The van der Waals surface area contributed by atoms with Crippen LogP contribution in [0.5, 0.6) is 0 Å². The van der Waals surface area contributed by atoms with Gasteiger partial charge in [-0.2, -0.15) is 0 Å². The lowest BCUT2D eigenvalue weighted by Crippen LogP contribution is -2.28. The van der Waals surface area contributed by atoms with Crippen molar-refractivity contribution in [1.29, 1.82) is 0 Å². The van der Waals surface area contributed by atoms with Gasteiger partial charge in [0.1, 0.15) is 5.02 Å². The molecule has 0 spiro atoms. The third-order valence-electron chi connectivity index (χ3n) is 3.91. The van der Waals surface area contributed by atoms with E-state index in [0.717, 1.165) is 12.0 Å². The Labute approximate surface area is 128 Å². The summed E-state index contributed by atoms with van der Waals surface area (Å²) in [4.78, 5) is 12.8. The minimum atomic E-state index is -0.437. The van der Waals surface area contributed by atoms with Crippen LogP contribution < -0.4 is 4.90 Å². The van der Waals surface area contributed by atoms with Crippen molar-refractivity contribution in [2.24, 2.45) is 0 Å². The maximum atomic E-state index is 11.0. The summed E-state index contributed by atoms with van der Waals surface area (Å²) in [5.41, 5.74) is 3.40. The molecule has 2 aromatic rings. The quantitative estimate of drug-likeness (QED) is 0.630. The zero-order valence-electron chi connectivity index (χ0n) is 11.6. The highest BCUT2D eigenvalue weighted by molar-refractivity contribution is 6.32. The fourth-order valence-electron chi connectivity index (χ4n) is 2.86. The summed E-state index contributed by atoms with van der Waals surface area (Å²) in [6.07, 6.45) is 1.01. The summed E-state index contributed by atoms with van der Waals surface area (Å²) < 4.78 is 0. The lowest BCUT2D eigenvalue weighted by Gasteiger charge is -2.25. The molecule has 0 fully saturated rings.